The van der Waals surface area contributed by atoms with Crippen LogP contribution in [0.3, 0.4) is 0 Å². The van der Waals surface area contributed by atoms with E-state index >= 15 is 4.39 Å². The number of nitrogens with one attached hydrogen (secondary N) is 1. The van der Waals surface area contributed by atoms with E-state index in [9.17, 15) is 4.79 Å². The Morgan fingerprint density at radius 2 is 2.08 bits per heavy atom. The lowest BCUT2D eigenvalue weighted by molar-refractivity contribution is 0.0967. The Bertz CT molecular complexity index is 1450. The van der Waals surface area contributed by atoms with Gasteiger partial charge in [0.2, 0.25) is 0 Å². The van der Waals surface area contributed by atoms with Gasteiger partial charge >= 0.3 is 0 Å². The Kier molecular flexibility index (Phi) is 6.93. The van der Waals surface area contributed by atoms with Gasteiger partial charge in [0, 0.05) is 31.4 Å². The molecule has 36 heavy (non-hydrogen) atoms. The number of aliphatic hydroxyl groups excluding tert-OH is 1. The Morgan fingerprint density at radius 1 is 1.22 bits per heavy atom. The molecular formula is C26H24FN7O2. The van der Waals surface area contributed by atoms with Gasteiger partial charge in [-0.2, -0.15) is 4.68 Å². The summed E-state index contributed by atoms with van der Waals surface area (Å²) in [5.41, 5.74) is 1.94. The number of amides is 1. The van der Waals surface area contributed by atoms with Crippen LogP contribution in [0.1, 0.15) is 35.2 Å². The average molecular weight is 486 g/mol. The molecule has 4 aromatic rings. The van der Waals surface area contributed by atoms with Crippen molar-refractivity contribution in [1.29, 1.82) is 0 Å². The van der Waals surface area contributed by atoms with E-state index in [1.54, 1.807) is 47.6 Å². The number of benzene rings is 1. The van der Waals surface area contributed by atoms with Gasteiger partial charge in [-0.3, -0.25) is 9.69 Å². The van der Waals surface area contributed by atoms with E-state index in [1.165, 1.54) is 16.8 Å². The summed E-state index contributed by atoms with van der Waals surface area (Å²) >= 11 is 0. The normalized spacial score (nSPS) is 15.3. The maximum atomic E-state index is 15.5. The van der Waals surface area contributed by atoms with Crippen molar-refractivity contribution >= 4 is 22.9 Å². The SMILES string of the molecule is O=C(c1ccc(-n2nnc3cccnc32)cc1F)N(c1ncccc1C#CCCO)[C@@H]1CCCNC1. The van der Waals surface area contributed by atoms with Gasteiger partial charge in [0.05, 0.1) is 29.5 Å². The lowest BCUT2D eigenvalue weighted by atomic mass is 10.0. The summed E-state index contributed by atoms with van der Waals surface area (Å²) in [6, 6.07) is 11.1. The number of carbonyl (C=O) groups is 1. The second-order valence-corrected chi connectivity index (χ2v) is 8.34. The van der Waals surface area contributed by atoms with Crippen LogP contribution in [0.2, 0.25) is 0 Å². The summed E-state index contributed by atoms with van der Waals surface area (Å²) < 4.78 is 16.9. The summed E-state index contributed by atoms with van der Waals surface area (Å²) in [6.45, 7) is 1.35. The van der Waals surface area contributed by atoms with Gasteiger partial charge in [0.25, 0.3) is 5.91 Å². The first-order chi connectivity index (χ1) is 17.7. The highest BCUT2D eigenvalue weighted by molar-refractivity contribution is 6.07. The second-order valence-electron chi connectivity index (χ2n) is 8.34. The zero-order valence-corrected chi connectivity index (χ0v) is 19.4. The number of hydrogen-bond donors (Lipinski definition) is 2. The molecule has 1 aliphatic heterocycles. The molecule has 0 unspecified atom stereocenters. The van der Waals surface area contributed by atoms with Crippen LogP contribution in [-0.4, -0.2) is 61.7 Å². The Labute approximate surface area is 207 Å². The smallest absolute Gasteiger partial charge is 0.262 e. The molecule has 1 amide bonds. The van der Waals surface area contributed by atoms with E-state index in [2.05, 4.69) is 37.4 Å². The van der Waals surface area contributed by atoms with Crippen LogP contribution in [0.15, 0.2) is 54.9 Å². The number of rotatable bonds is 5. The molecule has 1 aliphatic rings. The number of fused-ring (bicyclic) bond motifs is 1. The van der Waals surface area contributed by atoms with E-state index in [0.29, 0.717) is 41.2 Å². The zero-order valence-electron chi connectivity index (χ0n) is 19.4. The van der Waals surface area contributed by atoms with Crippen molar-refractivity contribution in [3.63, 3.8) is 0 Å². The lowest BCUT2D eigenvalue weighted by Gasteiger charge is -2.34. The van der Waals surface area contributed by atoms with E-state index < -0.39 is 11.7 Å². The van der Waals surface area contributed by atoms with Crippen molar-refractivity contribution in [3.8, 4) is 17.5 Å². The quantitative estimate of drug-likeness (QED) is 0.418. The molecule has 9 nitrogen and oxygen atoms in total. The predicted molar refractivity (Wildman–Crippen MR) is 132 cm³/mol. The summed E-state index contributed by atoms with van der Waals surface area (Å²) in [4.78, 5) is 24.1. The zero-order chi connectivity index (χ0) is 24.9. The number of halogens is 1. The Hall–Kier alpha value is -4.20. The van der Waals surface area contributed by atoms with Crippen molar-refractivity contribution in [3.05, 3.63) is 71.8 Å². The molecule has 0 bridgehead atoms. The molecule has 1 atom stereocenters. The van der Waals surface area contributed by atoms with Crippen molar-refractivity contribution < 1.29 is 14.3 Å². The molecular weight excluding hydrogens is 461 g/mol. The Morgan fingerprint density at radius 3 is 2.89 bits per heavy atom. The van der Waals surface area contributed by atoms with Crippen LogP contribution in [0, 0.1) is 17.7 Å². The summed E-state index contributed by atoms with van der Waals surface area (Å²) in [5.74, 6) is 5.07. The fourth-order valence-electron chi connectivity index (χ4n) is 4.27. The third kappa shape index (κ3) is 4.66. The van der Waals surface area contributed by atoms with Crippen molar-refractivity contribution in [2.24, 2.45) is 0 Å². The van der Waals surface area contributed by atoms with Gasteiger partial charge < -0.3 is 10.4 Å². The van der Waals surface area contributed by atoms with Crippen LogP contribution in [0.4, 0.5) is 10.2 Å². The number of piperidine rings is 1. The second kappa shape index (κ2) is 10.6. The molecule has 0 radical (unpaired) electrons. The van der Waals surface area contributed by atoms with E-state index in [1.807, 2.05) is 0 Å². The van der Waals surface area contributed by atoms with Gasteiger partial charge in [-0.25, -0.2) is 14.4 Å². The van der Waals surface area contributed by atoms with E-state index in [0.717, 1.165) is 19.4 Å². The predicted octanol–water partition coefficient (Wildman–Crippen LogP) is 2.48. The lowest BCUT2D eigenvalue weighted by Crippen LogP contribution is -2.49. The van der Waals surface area contributed by atoms with E-state index in [4.69, 9.17) is 5.11 Å². The van der Waals surface area contributed by atoms with Crippen LogP contribution in [0.25, 0.3) is 16.9 Å². The van der Waals surface area contributed by atoms with Crippen LogP contribution in [0.5, 0.6) is 0 Å². The van der Waals surface area contributed by atoms with Crippen LogP contribution >= 0.6 is 0 Å². The number of aliphatic hydroxyl groups is 1. The van der Waals surface area contributed by atoms with Crippen molar-refractivity contribution in [1.82, 2.24) is 30.3 Å². The molecule has 0 aliphatic carbocycles. The van der Waals surface area contributed by atoms with Crippen molar-refractivity contribution in [2.45, 2.75) is 25.3 Å². The minimum atomic E-state index is -0.685. The maximum absolute atomic E-state index is 15.5. The minimum Gasteiger partial charge on any atom is -0.395 e. The highest BCUT2D eigenvalue weighted by Gasteiger charge is 2.31. The number of nitrogens with zero attached hydrogens (tertiary/aromatic N) is 6. The summed E-state index contributed by atoms with van der Waals surface area (Å²) in [6.07, 6.45) is 5.12. The number of hydrogen-bond acceptors (Lipinski definition) is 7. The molecule has 0 saturated carbocycles. The monoisotopic (exact) mass is 485 g/mol. The molecule has 1 fully saturated rings. The fourth-order valence-corrected chi connectivity index (χ4v) is 4.27. The highest BCUT2D eigenvalue weighted by Crippen LogP contribution is 2.26. The molecule has 182 valence electrons. The molecule has 0 spiro atoms. The number of carbonyl (C=O) groups excluding carboxylic acids is 1. The van der Waals surface area contributed by atoms with Crippen LogP contribution < -0.4 is 10.2 Å². The minimum absolute atomic E-state index is 0.0636. The highest BCUT2D eigenvalue weighted by atomic mass is 19.1. The van der Waals surface area contributed by atoms with E-state index in [-0.39, 0.29) is 18.2 Å². The standard InChI is InChI=1S/C26H24FN7O2/c27-22-16-19(34-25-23(31-32-34)9-5-14-30-25)10-11-21(22)26(36)33(20-8-4-12-28-17-20)24-18(6-1-2-15-35)7-3-13-29-24/h3,5,7,9-11,13-14,16,20,28,35H,2,4,8,12,15,17H2/t20-/m1/s1. The van der Waals surface area contributed by atoms with Gasteiger partial charge in [-0.15, -0.1) is 5.10 Å². The molecule has 10 heteroatoms. The summed E-state index contributed by atoms with van der Waals surface area (Å²) in [5, 5.41) is 20.5. The Balaban J connectivity index is 1.54. The number of pyridine rings is 2. The largest absolute Gasteiger partial charge is 0.395 e. The molecule has 2 N–H and O–H groups in total. The van der Waals surface area contributed by atoms with Crippen LogP contribution in [-0.2, 0) is 0 Å². The third-order valence-electron chi connectivity index (χ3n) is 5.97. The molecule has 5 rings (SSSR count). The molecule has 1 saturated heterocycles. The van der Waals surface area contributed by atoms with Gasteiger partial charge in [0.1, 0.15) is 11.3 Å². The first-order valence-corrected chi connectivity index (χ1v) is 11.7. The van der Waals surface area contributed by atoms with Gasteiger partial charge in [-0.1, -0.05) is 17.1 Å². The van der Waals surface area contributed by atoms with Gasteiger partial charge in [-0.05, 0) is 55.8 Å². The maximum Gasteiger partial charge on any atom is 0.262 e. The number of aromatic nitrogens is 5. The first-order valence-electron chi connectivity index (χ1n) is 11.7. The molecule has 4 heterocycles. The first kappa shape index (κ1) is 23.5. The number of anilines is 1. The van der Waals surface area contributed by atoms with Crippen molar-refractivity contribution in [2.75, 3.05) is 24.6 Å². The molecule has 3 aromatic heterocycles. The average Bonchev–Trinajstić information content (AvgIpc) is 3.35. The fraction of sp³-hybridized carbons (Fsp3) is 0.269. The molecule has 1 aromatic carbocycles. The topological polar surface area (TPSA) is 109 Å². The third-order valence-corrected chi connectivity index (χ3v) is 5.97. The van der Waals surface area contributed by atoms with Gasteiger partial charge in [0.15, 0.2) is 11.5 Å². The summed E-state index contributed by atoms with van der Waals surface area (Å²) in [7, 11) is 0.